The minimum atomic E-state index is 0.403. The molecule has 1 aliphatic rings. The first-order chi connectivity index (χ1) is 9.17. The largest absolute Gasteiger partial charge is 0.311 e. The first-order valence-electron chi connectivity index (χ1n) is 6.61. The molecule has 0 saturated heterocycles. The van der Waals surface area contributed by atoms with Crippen LogP contribution in [0.3, 0.4) is 0 Å². The Morgan fingerprint density at radius 3 is 2.79 bits per heavy atom. The van der Waals surface area contributed by atoms with Crippen molar-refractivity contribution in [1.29, 1.82) is 0 Å². The maximum absolute atomic E-state index is 5.91. The van der Waals surface area contributed by atoms with Gasteiger partial charge in [-0.1, -0.05) is 0 Å². The van der Waals surface area contributed by atoms with Gasteiger partial charge in [-0.3, -0.25) is 0 Å². The van der Waals surface area contributed by atoms with Crippen LogP contribution in [0.4, 0.5) is 0 Å². The molecule has 1 fully saturated rings. The molecule has 0 spiro atoms. The molecule has 0 amide bonds. The number of thioether (sulfide) groups is 1. The Morgan fingerprint density at radius 2 is 2.16 bits per heavy atom. The Bertz CT molecular complexity index is 604. The minimum absolute atomic E-state index is 0.403. The Kier molecular flexibility index (Phi) is 3.48. The minimum Gasteiger partial charge on any atom is -0.311 e. The normalized spacial score (nSPS) is 17.0. The number of halogens is 1. The molecule has 2 heterocycles. The lowest BCUT2D eigenvalue weighted by atomic mass is 10.3. The van der Waals surface area contributed by atoms with E-state index in [2.05, 4.69) is 21.9 Å². The lowest BCUT2D eigenvalue weighted by molar-refractivity contribution is 0.640. The third-order valence-electron chi connectivity index (χ3n) is 3.82. The zero-order valence-electron chi connectivity index (χ0n) is 11.3. The highest BCUT2D eigenvalue weighted by molar-refractivity contribution is 8.00. The number of hydrogen-bond acceptors (Lipinski definition) is 3. The van der Waals surface area contributed by atoms with Crippen molar-refractivity contribution in [2.24, 2.45) is 0 Å². The van der Waals surface area contributed by atoms with Crippen LogP contribution in [0.15, 0.2) is 12.1 Å². The van der Waals surface area contributed by atoms with E-state index in [0.717, 1.165) is 35.6 Å². The summed E-state index contributed by atoms with van der Waals surface area (Å²) in [4.78, 5) is 9.37. The van der Waals surface area contributed by atoms with E-state index in [9.17, 15) is 0 Å². The van der Waals surface area contributed by atoms with E-state index in [0.29, 0.717) is 10.6 Å². The van der Waals surface area contributed by atoms with Gasteiger partial charge in [0.15, 0.2) is 5.65 Å². The van der Waals surface area contributed by atoms with Crippen molar-refractivity contribution in [2.75, 3.05) is 12.1 Å². The third kappa shape index (κ3) is 2.48. The summed E-state index contributed by atoms with van der Waals surface area (Å²) < 4.78 is 2.69. The van der Waals surface area contributed by atoms with Crippen molar-refractivity contribution >= 4 is 34.5 Å². The van der Waals surface area contributed by atoms with E-state index in [4.69, 9.17) is 16.6 Å². The summed E-state index contributed by atoms with van der Waals surface area (Å²) in [5.74, 6) is 1.68. The van der Waals surface area contributed by atoms with Crippen LogP contribution in [0.1, 0.15) is 24.4 Å². The van der Waals surface area contributed by atoms with E-state index in [-0.39, 0.29) is 0 Å². The molecule has 0 atom stereocenters. The van der Waals surface area contributed by atoms with Crippen LogP contribution in [-0.4, -0.2) is 31.4 Å². The summed E-state index contributed by atoms with van der Waals surface area (Å²) in [6.45, 7) is 3.03. The van der Waals surface area contributed by atoms with Crippen molar-refractivity contribution in [3.63, 3.8) is 0 Å². The summed E-state index contributed by atoms with van der Waals surface area (Å²) in [5.41, 5.74) is 3.04. The number of aryl methyl sites for hydroxylation is 2. The van der Waals surface area contributed by atoms with E-state index in [1.165, 1.54) is 12.8 Å². The standard InChI is InChI=1S/C14H18ClN3S/c1-10-3-4-11-13(16-10)18(12(17-11)5-8-15)9-14(19-2)6-7-14/h3-4H,5-9H2,1-2H3. The van der Waals surface area contributed by atoms with E-state index < -0.39 is 0 Å². The first-order valence-corrected chi connectivity index (χ1v) is 8.37. The highest BCUT2D eigenvalue weighted by Crippen LogP contribution is 2.48. The zero-order chi connectivity index (χ0) is 13.5. The van der Waals surface area contributed by atoms with Gasteiger partial charge in [-0.25, -0.2) is 9.97 Å². The second-order valence-electron chi connectivity index (χ2n) is 5.24. The number of rotatable bonds is 5. The number of aromatic nitrogens is 3. The van der Waals surface area contributed by atoms with Gasteiger partial charge in [0.1, 0.15) is 11.3 Å². The summed E-state index contributed by atoms with van der Waals surface area (Å²) in [5, 5.41) is 0. The molecule has 102 valence electrons. The van der Waals surface area contributed by atoms with Crippen LogP contribution in [0.5, 0.6) is 0 Å². The van der Waals surface area contributed by atoms with Crippen LogP contribution >= 0.6 is 23.4 Å². The summed E-state index contributed by atoms with van der Waals surface area (Å²) in [6, 6.07) is 4.08. The molecule has 1 saturated carbocycles. The first kappa shape index (κ1) is 13.3. The maximum atomic E-state index is 5.91. The molecule has 0 N–H and O–H groups in total. The molecule has 0 aromatic carbocycles. The quantitative estimate of drug-likeness (QED) is 0.792. The average molecular weight is 296 g/mol. The number of fused-ring (bicyclic) bond motifs is 1. The highest BCUT2D eigenvalue weighted by atomic mass is 35.5. The summed E-state index contributed by atoms with van der Waals surface area (Å²) in [6.07, 6.45) is 5.59. The average Bonchev–Trinajstić information content (AvgIpc) is 3.11. The van der Waals surface area contributed by atoms with E-state index in [1.807, 2.05) is 24.8 Å². The second-order valence-corrected chi connectivity index (χ2v) is 6.89. The van der Waals surface area contributed by atoms with E-state index >= 15 is 0 Å². The number of nitrogens with zero attached hydrogens (tertiary/aromatic N) is 3. The number of pyridine rings is 1. The fourth-order valence-electron chi connectivity index (χ4n) is 2.44. The second kappa shape index (κ2) is 4.98. The molecule has 1 aliphatic carbocycles. The number of hydrogen-bond donors (Lipinski definition) is 0. The zero-order valence-corrected chi connectivity index (χ0v) is 12.9. The van der Waals surface area contributed by atoms with Gasteiger partial charge in [0, 0.05) is 29.3 Å². The van der Waals surface area contributed by atoms with Crippen LogP contribution in [0, 0.1) is 6.92 Å². The molecule has 0 unspecified atom stereocenters. The fourth-order valence-corrected chi connectivity index (χ4v) is 3.38. The lowest BCUT2D eigenvalue weighted by Crippen LogP contribution is -2.16. The van der Waals surface area contributed by atoms with Gasteiger partial charge in [-0.05, 0) is 38.2 Å². The van der Waals surface area contributed by atoms with Gasteiger partial charge in [0.25, 0.3) is 0 Å². The monoisotopic (exact) mass is 295 g/mol. The van der Waals surface area contributed by atoms with Gasteiger partial charge >= 0.3 is 0 Å². The smallest absolute Gasteiger partial charge is 0.160 e. The van der Waals surface area contributed by atoms with Crippen LogP contribution in [0.25, 0.3) is 11.2 Å². The Morgan fingerprint density at radius 1 is 1.37 bits per heavy atom. The van der Waals surface area contributed by atoms with Crippen molar-refractivity contribution in [2.45, 2.75) is 37.5 Å². The van der Waals surface area contributed by atoms with Gasteiger partial charge in [0.05, 0.1) is 0 Å². The molecule has 3 rings (SSSR count). The maximum Gasteiger partial charge on any atom is 0.160 e. The predicted octanol–water partition coefficient (Wildman–Crippen LogP) is 3.42. The molecule has 3 nitrogen and oxygen atoms in total. The van der Waals surface area contributed by atoms with Crippen molar-refractivity contribution < 1.29 is 0 Å². The Balaban J connectivity index is 2.07. The molecule has 0 radical (unpaired) electrons. The SMILES string of the molecule is CSC1(Cn2c(CCCl)nc3ccc(C)nc32)CC1. The van der Waals surface area contributed by atoms with Gasteiger partial charge in [-0.2, -0.15) is 11.8 Å². The highest BCUT2D eigenvalue weighted by Gasteiger charge is 2.42. The molecule has 0 bridgehead atoms. The van der Waals surface area contributed by atoms with Crippen LogP contribution in [-0.2, 0) is 13.0 Å². The van der Waals surface area contributed by atoms with Crippen molar-refractivity contribution in [1.82, 2.24) is 14.5 Å². The molecular weight excluding hydrogens is 278 g/mol. The molecule has 0 aliphatic heterocycles. The van der Waals surface area contributed by atoms with Gasteiger partial charge in [-0.15, -0.1) is 11.6 Å². The molecule has 19 heavy (non-hydrogen) atoms. The topological polar surface area (TPSA) is 30.7 Å². The number of imidazole rings is 1. The molecule has 2 aromatic heterocycles. The Hall–Kier alpha value is -0.740. The molecular formula is C14H18ClN3S. The molecule has 5 heteroatoms. The van der Waals surface area contributed by atoms with E-state index in [1.54, 1.807) is 0 Å². The lowest BCUT2D eigenvalue weighted by Gasteiger charge is -2.15. The van der Waals surface area contributed by atoms with Gasteiger partial charge < -0.3 is 4.57 Å². The number of alkyl halides is 1. The van der Waals surface area contributed by atoms with Crippen molar-refractivity contribution in [3.05, 3.63) is 23.7 Å². The van der Waals surface area contributed by atoms with Crippen LogP contribution < -0.4 is 0 Å². The summed E-state index contributed by atoms with van der Waals surface area (Å²) >= 11 is 7.88. The van der Waals surface area contributed by atoms with Crippen LogP contribution in [0.2, 0.25) is 0 Å². The molecule has 2 aromatic rings. The van der Waals surface area contributed by atoms with Gasteiger partial charge in [0.2, 0.25) is 0 Å². The third-order valence-corrected chi connectivity index (χ3v) is 5.41. The van der Waals surface area contributed by atoms with Crippen molar-refractivity contribution in [3.8, 4) is 0 Å². The Labute approximate surface area is 122 Å². The fraction of sp³-hybridized carbons (Fsp3) is 0.571. The predicted molar refractivity (Wildman–Crippen MR) is 82.2 cm³/mol. The summed E-state index contributed by atoms with van der Waals surface area (Å²) in [7, 11) is 0.